The van der Waals surface area contributed by atoms with Gasteiger partial charge in [-0.15, -0.1) is 0 Å². The fraction of sp³-hybridized carbons (Fsp3) is 0.111. The van der Waals surface area contributed by atoms with E-state index in [1.54, 1.807) is 36.0 Å². The fourth-order valence-electron chi connectivity index (χ4n) is 1.38. The Morgan fingerprint density at radius 3 is 3.00 bits per heavy atom. The Morgan fingerprint density at radius 1 is 1.54 bits per heavy atom. The van der Waals surface area contributed by atoms with Gasteiger partial charge in [-0.05, 0) is 24.6 Å². The molecule has 0 aliphatic carbocycles. The average molecular weight is 176 g/mol. The zero-order valence-corrected chi connectivity index (χ0v) is 7.06. The maximum Gasteiger partial charge on any atom is 0.338 e. The van der Waals surface area contributed by atoms with E-state index in [9.17, 15) is 4.79 Å². The SMILES string of the molecule is Cc1ccn2nccc2c1C(=O)O. The zero-order chi connectivity index (χ0) is 9.42. The Bertz CT molecular complexity index is 473. The first-order valence-electron chi connectivity index (χ1n) is 3.86. The molecule has 13 heavy (non-hydrogen) atoms. The van der Waals surface area contributed by atoms with Gasteiger partial charge >= 0.3 is 5.97 Å². The number of pyridine rings is 1. The number of carbonyl (C=O) groups is 1. The third-order valence-corrected chi connectivity index (χ3v) is 2.00. The van der Waals surface area contributed by atoms with Crippen LogP contribution in [0.5, 0.6) is 0 Å². The third-order valence-electron chi connectivity index (χ3n) is 2.00. The number of hydrogen-bond donors (Lipinski definition) is 1. The molecular formula is C9H8N2O2. The van der Waals surface area contributed by atoms with Gasteiger partial charge < -0.3 is 5.11 Å². The highest BCUT2D eigenvalue weighted by Gasteiger charge is 2.11. The van der Waals surface area contributed by atoms with E-state index in [-0.39, 0.29) is 0 Å². The van der Waals surface area contributed by atoms with Crippen molar-refractivity contribution in [3.63, 3.8) is 0 Å². The molecule has 0 saturated heterocycles. The number of nitrogens with zero attached hydrogens (tertiary/aromatic N) is 2. The quantitative estimate of drug-likeness (QED) is 0.713. The molecule has 0 atom stereocenters. The molecule has 1 N–H and O–H groups in total. The molecule has 0 radical (unpaired) electrons. The summed E-state index contributed by atoms with van der Waals surface area (Å²) in [7, 11) is 0. The molecule has 2 rings (SSSR count). The van der Waals surface area contributed by atoms with Crippen LogP contribution in [0.15, 0.2) is 24.5 Å². The molecule has 2 heterocycles. The van der Waals surface area contributed by atoms with Gasteiger partial charge in [0.1, 0.15) is 0 Å². The molecule has 0 aliphatic rings. The summed E-state index contributed by atoms with van der Waals surface area (Å²) in [5.41, 5.74) is 1.70. The summed E-state index contributed by atoms with van der Waals surface area (Å²) in [5.74, 6) is -0.913. The minimum absolute atomic E-state index is 0.319. The second-order valence-electron chi connectivity index (χ2n) is 2.84. The van der Waals surface area contributed by atoms with Crippen molar-refractivity contribution in [1.29, 1.82) is 0 Å². The number of aromatic nitrogens is 2. The van der Waals surface area contributed by atoms with Gasteiger partial charge in [0.25, 0.3) is 0 Å². The van der Waals surface area contributed by atoms with Crippen LogP contribution >= 0.6 is 0 Å². The highest BCUT2D eigenvalue weighted by Crippen LogP contribution is 2.14. The molecule has 0 fully saturated rings. The van der Waals surface area contributed by atoms with E-state index in [0.717, 1.165) is 5.56 Å². The molecule has 0 aliphatic heterocycles. The highest BCUT2D eigenvalue weighted by molar-refractivity contribution is 5.96. The Kier molecular flexibility index (Phi) is 1.55. The average Bonchev–Trinajstić information content (AvgIpc) is 2.50. The molecule has 0 aromatic carbocycles. The summed E-state index contributed by atoms with van der Waals surface area (Å²) >= 11 is 0. The van der Waals surface area contributed by atoms with E-state index >= 15 is 0 Å². The van der Waals surface area contributed by atoms with Gasteiger partial charge in [0.05, 0.1) is 17.3 Å². The van der Waals surface area contributed by atoms with Gasteiger partial charge in [0.15, 0.2) is 0 Å². The predicted molar refractivity (Wildman–Crippen MR) is 46.9 cm³/mol. The van der Waals surface area contributed by atoms with Crippen molar-refractivity contribution < 1.29 is 9.90 Å². The lowest BCUT2D eigenvalue weighted by Gasteiger charge is -2.02. The van der Waals surface area contributed by atoms with Crippen molar-refractivity contribution in [3.05, 3.63) is 35.7 Å². The summed E-state index contributed by atoms with van der Waals surface area (Å²) < 4.78 is 1.55. The molecule has 4 heteroatoms. The van der Waals surface area contributed by atoms with Crippen LogP contribution in [0.3, 0.4) is 0 Å². The molecule has 0 spiro atoms. The van der Waals surface area contributed by atoms with E-state index in [2.05, 4.69) is 5.10 Å². The largest absolute Gasteiger partial charge is 0.478 e. The van der Waals surface area contributed by atoms with Gasteiger partial charge in [-0.25, -0.2) is 9.31 Å². The lowest BCUT2D eigenvalue weighted by Crippen LogP contribution is -2.03. The lowest BCUT2D eigenvalue weighted by molar-refractivity contribution is 0.0698. The summed E-state index contributed by atoms with van der Waals surface area (Å²) in [6.45, 7) is 1.77. The molecular weight excluding hydrogens is 168 g/mol. The smallest absolute Gasteiger partial charge is 0.338 e. The number of fused-ring (bicyclic) bond motifs is 1. The first-order valence-corrected chi connectivity index (χ1v) is 3.86. The Hall–Kier alpha value is -1.84. The van der Waals surface area contributed by atoms with Crippen molar-refractivity contribution in [2.75, 3.05) is 0 Å². The monoisotopic (exact) mass is 176 g/mol. The second-order valence-corrected chi connectivity index (χ2v) is 2.84. The summed E-state index contributed by atoms with van der Waals surface area (Å²) in [5, 5.41) is 12.9. The molecule has 2 aromatic heterocycles. The third kappa shape index (κ3) is 1.07. The van der Waals surface area contributed by atoms with Crippen LogP contribution in [-0.4, -0.2) is 20.7 Å². The van der Waals surface area contributed by atoms with Gasteiger partial charge in [0, 0.05) is 6.20 Å². The molecule has 0 unspecified atom stereocenters. The topological polar surface area (TPSA) is 54.6 Å². The van der Waals surface area contributed by atoms with Crippen molar-refractivity contribution in [2.45, 2.75) is 6.92 Å². The van der Waals surface area contributed by atoms with E-state index in [1.165, 1.54) is 0 Å². The minimum atomic E-state index is -0.913. The fourth-order valence-corrected chi connectivity index (χ4v) is 1.38. The standard InChI is InChI=1S/C9H8N2O2/c1-6-3-5-11-7(2-4-10-11)8(6)9(12)13/h2-5H,1H3,(H,12,13). The van der Waals surface area contributed by atoms with Gasteiger partial charge in [-0.1, -0.05) is 0 Å². The van der Waals surface area contributed by atoms with E-state index in [0.29, 0.717) is 11.1 Å². The molecule has 0 saturated carbocycles. The zero-order valence-electron chi connectivity index (χ0n) is 7.06. The van der Waals surface area contributed by atoms with Crippen LogP contribution in [0.2, 0.25) is 0 Å². The number of hydrogen-bond acceptors (Lipinski definition) is 2. The lowest BCUT2D eigenvalue weighted by atomic mass is 10.1. The molecule has 0 bridgehead atoms. The summed E-state index contributed by atoms with van der Waals surface area (Å²) in [6, 6.07) is 3.43. The normalized spacial score (nSPS) is 10.5. The summed E-state index contributed by atoms with van der Waals surface area (Å²) in [6.07, 6.45) is 3.33. The van der Waals surface area contributed by atoms with E-state index in [1.807, 2.05) is 0 Å². The minimum Gasteiger partial charge on any atom is -0.478 e. The van der Waals surface area contributed by atoms with Crippen molar-refractivity contribution in [2.24, 2.45) is 0 Å². The first-order chi connectivity index (χ1) is 6.20. The number of rotatable bonds is 1. The van der Waals surface area contributed by atoms with Gasteiger partial charge in [0.2, 0.25) is 0 Å². The van der Waals surface area contributed by atoms with Crippen LogP contribution in [0.1, 0.15) is 15.9 Å². The van der Waals surface area contributed by atoms with Crippen LogP contribution in [0.25, 0.3) is 5.52 Å². The van der Waals surface area contributed by atoms with Crippen molar-refractivity contribution >= 4 is 11.5 Å². The maximum atomic E-state index is 10.9. The van der Waals surface area contributed by atoms with Crippen LogP contribution in [0, 0.1) is 6.92 Å². The molecule has 0 amide bonds. The second kappa shape index (κ2) is 2.58. The Labute approximate surface area is 74.4 Å². The van der Waals surface area contributed by atoms with Crippen molar-refractivity contribution in [3.8, 4) is 0 Å². The summed E-state index contributed by atoms with van der Waals surface area (Å²) in [4.78, 5) is 10.9. The number of aryl methyl sites for hydroxylation is 1. The van der Waals surface area contributed by atoms with E-state index in [4.69, 9.17) is 5.11 Å². The number of aromatic carboxylic acids is 1. The number of carboxylic acids is 1. The predicted octanol–water partition coefficient (Wildman–Crippen LogP) is 1.34. The molecule has 4 nitrogen and oxygen atoms in total. The first kappa shape index (κ1) is 7.79. The van der Waals surface area contributed by atoms with Crippen LogP contribution in [0.4, 0.5) is 0 Å². The number of carboxylic acid groups (broad SMARTS) is 1. The van der Waals surface area contributed by atoms with Crippen molar-refractivity contribution in [1.82, 2.24) is 9.61 Å². The molecule has 66 valence electrons. The van der Waals surface area contributed by atoms with E-state index < -0.39 is 5.97 Å². The molecule has 2 aromatic rings. The van der Waals surface area contributed by atoms with Crippen LogP contribution < -0.4 is 0 Å². The Balaban J connectivity index is 2.88. The Morgan fingerprint density at radius 2 is 2.31 bits per heavy atom. The van der Waals surface area contributed by atoms with Gasteiger partial charge in [-0.2, -0.15) is 5.10 Å². The van der Waals surface area contributed by atoms with Gasteiger partial charge in [-0.3, -0.25) is 0 Å². The highest BCUT2D eigenvalue weighted by atomic mass is 16.4. The maximum absolute atomic E-state index is 10.9. The van der Waals surface area contributed by atoms with Crippen LogP contribution in [-0.2, 0) is 0 Å².